The van der Waals surface area contributed by atoms with Crippen LogP contribution in [0.5, 0.6) is 5.75 Å². The number of hydrogen-bond acceptors (Lipinski definition) is 9. The summed E-state index contributed by atoms with van der Waals surface area (Å²) in [4.78, 5) is 54.1. The first kappa shape index (κ1) is 27.4. The van der Waals surface area contributed by atoms with Crippen LogP contribution in [0.25, 0.3) is 0 Å². The zero-order valence-electron chi connectivity index (χ0n) is 20.8. The molecule has 1 heterocycles. The fourth-order valence-corrected chi connectivity index (χ4v) is 3.63. The summed E-state index contributed by atoms with van der Waals surface area (Å²) in [6.07, 6.45) is -0.0282. The van der Waals surface area contributed by atoms with Crippen molar-refractivity contribution in [2.24, 2.45) is 10.2 Å². The second kappa shape index (κ2) is 11.7. The molecule has 3 rings (SSSR count). The number of nitrogens with two attached hydrogens (primary N) is 1. The summed E-state index contributed by atoms with van der Waals surface area (Å²) >= 11 is 5.98. The molecule has 0 saturated heterocycles. The van der Waals surface area contributed by atoms with Gasteiger partial charge in [0.05, 0.1) is 32.0 Å². The predicted octanol–water partition coefficient (Wildman–Crippen LogP) is 1.86. The monoisotopic (exact) mass is 530 g/mol. The molecule has 0 aliphatic heterocycles. The van der Waals surface area contributed by atoms with Crippen molar-refractivity contribution in [1.29, 1.82) is 0 Å². The number of carbonyl (C=O) groups excluding carboxylic acids is 1. The highest BCUT2D eigenvalue weighted by molar-refractivity contribution is 6.30. The number of rotatable bonds is 9. The fraction of sp³-hybridized carbons (Fsp3) is 0.333. The molecular formula is C24H27ClN6O6. The van der Waals surface area contributed by atoms with Crippen molar-refractivity contribution in [2.75, 3.05) is 13.0 Å². The molecule has 0 saturated carbocycles. The van der Waals surface area contributed by atoms with Crippen LogP contribution in [0.2, 0.25) is 5.02 Å². The zero-order valence-corrected chi connectivity index (χ0v) is 21.5. The van der Waals surface area contributed by atoms with E-state index in [4.69, 9.17) is 22.2 Å². The van der Waals surface area contributed by atoms with Gasteiger partial charge in [0.2, 0.25) is 11.7 Å². The van der Waals surface area contributed by atoms with Gasteiger partial charge in [0.25, 0.3) is 0 Å². The molecule has 2 aromatic carbocycles. The van der Waals surface area contributed by atoms with Crippen LogP contribution < -0.4 is 27.6 Å². The Hall–Kier alpha value is -4.19. The van der Waals surface area contributed by atoms with E-state index in [-0.39, 0.29) is 18.3 Å². The Kier molecular flexibility index (Phi) is 8.66. The van der Waals surface area contributed by atoms with E-state index in [9.17, 15) is 19.3 Å². The Morgan fingerprint density at radius 3 is 2.32 bits per heavy atom. The highest BCUT2D eigenvalue weighted by atomic mass is 35.5. The number of nitrogens with zero attached hydrogens (tertiary/aromatic N) is 5. The van der Waals surface area contributed by atoms with E-state index in [1.165, 1.54) is 0 Å². The number of halogens is 1. The van der Waals surface area contributed by atoms with E-state index >= 15 is 0 Å². The maximum atomic E-state index is 13.5. The third-order valence-corrected chi connectivity index (χ3v) is 5.57. The van der Waals surface area contributed by atoms with Gasteiger partial charge in [0.15, 0.2) is 0 Å². The molecule has 1 aromatic heterocycles. The lowest BCUT2D eigenvalue weighted by atomic mass is 10.2. The molecule has 0 bridgehead atoms. The summed E-state index contributed by atoms with van der Waals surface area (Å²) in [5, 5.41) is 3.18. The Bertz CT molecular complexity index is 1490. The van der Waals surface area contributed by atoms with Crippen molar-refractivity contribution < 1.29 is 14.3 Å². The molecule has 2 N–H and O–H groups in total. The summed E-state index contributed by atoms with van der Waals surface area (Å²) in [5.41, 5.74) is -0.151. The minimum atomic E-state index is -1.63. The van der Waals surface area contributed by atoms with Gasteiger partial charge in [-0.05, 0) is 62.2 Å². The van der Waals surface area contributed by atoms with Crippen molar-refractivity contribution >= 4 is 23.3 Å². The number of benzene rings is 2. The first-order valence-corrected chi connectivity index (χ1v) is 11.6. The molecule has 1 atom stereocenters. The van der Waals surface area contributed by atoms with Gasteiger partial charge in [-0.3, -0.25) is 4.57 Å². The molecular weight excluding hydrogens is 504 g/mol. The van der Waals surface area contributed by atoms with Crippen LogP contribution in [0.1, 0.15) is 25.0 Å². The summed E-state index contributed by atoms with van der Waals surface area (Å²) in [7, 11) is 1.06. The van der Waals surface area contributed by atoms with Gasteiger partial charge < -0.3 is 15.3 Å². The second-order valence-corrected chi connectivity index (χ2v) is 8.87. The molecule has 0 radical (unpaired) electrons. The summed E-state index contributed by atoms with van der Waals surface area (Å²) < 4.78 is 12.8. The molecule has 196 valence electrons. The number of ether oxygens (including phenoxy) is 2. The van der Waals surface area contributed by atoms with E-state index in [2.05, 4.69) is 14.9 Å². The standard InChI is InChI=1S/C24H27ClN6O6/c1-14(2)37-20-10-9-18(11-15(20)3)27-22-29(12-16-5-7-17(25)8-6-16)23(33)30(24(34)31(22)26)13-19(28-35)21(32)36-4/h5-11,14,19H,12-13,26H2,1-4H3/b27-22-/t19-/m0/s1. The Labute approximate surface area is 216 Å². The summed E-state index contributed by atoms with van der Waals surface area (Å²) in [6, 6.07) is 10.2. The number of esters is 1. The van der Waals surface area contributed by atoms with Crippen LogP contribution in [0.15, 0.2) is 62.2 Å². The van der Waals surface area contributed by atoms with Crippen LogP contribution >= 0.6 is 11.6 Å². The van der Waals surface area contributed by atoms with Crippen LogP contribution in [-0.2, 0) is 22.6 Å². The second-order valence-electron chi connectivity index (χ2n) is 8.43. The Morgan fingerprint density at radius 2 is 1.76 bits per heavy atom. The molecule has 37 heavy (non-hydrogen) atoms. The van der Waals surface area contributed by atoms with E-state index in [1.54, 1.807) is 42.5 Å². The van der Waals surface area contributed by atoms with Crippen LogP contribution in [0, 0.1) is 11.8 Å². The molecule has 0 aliphatic rings. The van der Waals surface area contributed by atoms with Crippen molar-refractivity contribution in [2.45, 2.75) is 46.0 Å². The highest BCUT2D eigenvalue weighted by Gasteiger charge is 2.24. The molecule has 0 spiro atoms. The first-order chi connectivity index (χ1) is 17.5. The average molecular weight is 531 g/mol. The van der Waals surface area contributed by atoms with Gasteiger partial charge in [0.1, 0.15) is 5.75 Å². The van der Waals surface area contributed by atoms with E-state index in [0.29, 0.717) is 31.3 Å². The third-order valence-electron chi connectivity index (χ3n) is 5.32. The largest absolute Gasteiger partial charge is 0.491 e. The molecule has 0 fully saturated rings. The molecule has 12 nitrogen and oxygen atoms in total. The number of aryl methyl sites for hydroxylation is 1. The molecule has 0 unspecified atom stereocenters. The third kappa shape index (κ3) is 6.33. The minimum absolute atomic E-state index is 0.0282. The van der Waals surface area contributed by atoms with Crippen molar-refractivity contribution in [3.63, 3.8) is 0 Å². The van der Waals surface area contributed by atoms with Crippen molar-refractivity contribution in [3.05, 3.63) is 90.1 Å². The van der Waals surface area contributed by atoms with Crippen LogP contribution in [0.3, 0.4) is 0 Å². The van der Waals surface area contributed by atoms with E-state index in [0.717, 1.165) is 17.2 Å². The topological polar surface area (TPSA) is 152 Å². The first-order valence-electron chi connectivity index (χ1n) is 11.2. The SMILES string of the molecule is COC(=O)[C@H](Cn1c(=O)n(N)/c(=N\c2ccc(OC(C)C)c(C)c2)n(Cc2ccc(Cl)cc2)c1=O)N=O. The molecule has 13 heteroatoms. The smallest absolute Gasteiger partial charge is 0.353 e. The number of methoxy groups -OCH3 is 1. The van der Waals surface area contributed by atoms with Gasteiger partial charge >= 0.3 is 17.3 Å². The lowest BCUT2D eigenvalue weighted by molar-refractivity contribution is -0.142. The predicted molar refractivity (Wildman–Crippen MR) is 137 cm³/mol. The lowest BCUT2D eigenvalue weighted by Crippen LogP contribution is -2.58. The number of nitroso groups, excluding NO2 is 1. The van der Waals surface area contributed by atoms with Crippen LogP contribution in [-0.4, -0.2) is 39.0 Å². The molecule has 0 aliphatic carbocycles. The number of carbonyl (C=O) groups is 1. The quantitative estimate of drug-likeness (QED) is 0.252. The minimum Gasteiger partial charge on any atom is -0.491 e. The van der Waals surface area contributed by atoms with Gasteiger partial charge in [0, 0.05) is 5.02 Å². The lowest BCUT2D eigenvalue weighted by Gasteiger charge is -2.15. The van der Waals surface area contributed by atoms with Crippen molar-refractivity contribution in [1.82, 2.24) is 13.8 Å². The van der Waals surface area contributed by atoms with E-state index in [1.807, 2.05) is 20.8 Å². The van der Waals surface area contributed by atoms with Crippen LogP contribution in [0.4, 0.5) is 5.69 Å². The molecule has 3 aromatic rings. The maximum Gasteiger partial charge on any atom is 0.353 e. The average Bonchev–Trinajstić information content (AvgIpc) is 2.87. The maximum absolute atomic E-state index is 13.5. The van der Waals surface area contributed by atoms with Gasteiger partial charge in [-0.1, -0.05) is 28.9 Å². The van der Waals surface area contributed by atoms with Crippen molar-refractivity contribution in [3.8, 4) is 5.75 Å². The fourth-order valence-electron chi connectivity index (χ4n) is 3.50. The Morgan fingerprint density at radius 1 is 1.08 bits per heavy atom. The number of hydrogen-bond donors (Lipinski definition) is 1. The van der Waals surface area contributed by atoms with Gasteiger partial charge in [-0.2, -0.15) is 4.68 Å². The highest BCUT2D eigenvalue weighted by Crippen LogP contribution is 2.24. The normalized spacial score (nSPS) is 12.4. The summed E-state index contributed by atoms with van der Waals surface area (Å²) in [6.45, 7) is 4.95. The summed E-state index contributed by atoms with van der Waals surface area (Å²) in [5.74, 6) is 5.76. The number of aromatic nitrogens is 3. The zero-order chi connectivity index (χ0) is 27.3. The Balaban J connectivity index is 2.24. The van der Waals surface area contributed by atoms with Gasteiger partial charge in [-0.25, -0.2) is 23.9 Å². The number of nitrogen functional groups attached to an aromatic ring is 1. The molecule has 0 amide bonds. The van der Waals surface area contributed by atoms with Gasteiger partial charge in [-0.15, -0.1) is 4.91 Å². The van der Waals surface area contributed by atoms with E-state index < -0.39 is 29.9 Å².